The molecule has 1 aromatic carbocycles. The van der Waals surface area contributed by atoms with Gasteiger partial charge in [0.15, 0.2) is 0 Å². The highest BCUT2D eigenvalue weighted by atomic mass is 16.2. The molecule has 2 rings (SSSR count). The maximum absolute atomic E-state index is 12.2. The van der Waals surface area contributed by atoms with E-state index in [-0.39, 0.29) is 5.91 Å². The number of anilines is 1. The van der Waals surface area contributed by atoms with E-state index in [1.165, 1.54) is 16.7 Å². The lowest BCUT2D eigenvalue weighted by atomic mass is 9.96. The molecule has 0 N–H and O–H groups in total. The summed E-state index contributed by atoms with van der Waals surface area (Å²) >= 11 is 0. The zero-order chi connectivity index (χ0) is 14.0. The fourth-order valence-electron chi connectivity index (χ4n) is 2.94. The van der Waals surface area contributed by atoms with Gasteiger partial charge in [0.1, 0.15) is 0 Å². The lowest BCUT2D eigenvalue weighted by Crippen LogP contribution is -2.36. The monoisotopic (exact) mass is 257 g/mol. The Morgan fingerprint density at radius 2 is 2.05 bits per heavy atom. The number of hydrogen-bond acceptors (Lipinski definition) is 1. The SMILES string of the molecule is C=C(C)Cc1cc(C)cc(C)c1N1CCCCC1=O. The van der Waals surface area contributed by atoms with Crippen LogP contribution in [0.25, 0.3) is 0 Å². The van der Waals surface area contributed by atoms with Crippen LogP contribution in [0.2, 0.25) is 0 Å². The van der Waals surface area contributed by atoms with Gasteiger partial charge in [-0.3, -0.25) is 4.79 Å². The molecule has 1 saturated heterocycles. The molecule has 0 atom stereocenters. The van der Waals surface area contributed by atoms with Crippen molar-refractivity contribution in [1.29, 1.82) is 0 Å². The largest absolute Gasteiger partial charge is 0.312 e. The molecule has 0 bridgehead atoms. The molecule has 1 aliphatic heterocycles. The number of aryl methyl sites for hydroxylation is 2. The third-order valence-corrected chi connectivity index (χ3v) is 3.61. The molecule has 0 saturated carbocycles. The van der Waals surface area contributed by atoms with Crippen LogP contribution in [0.5, 0.6) is 0 Å². The number of carbonyl (C=O) groups excluding carboxylic acids is 1. The van der Waals surface area contributed by atoms with Gasteiger partial charge in [-0.2, -0.15) is 0 Å². The standard InChI is InChI=1S/C17H23NO/c1-12(2)9-15-11-13(3)10-14(4)17(15)18-8-6-5-7-16(18)19/h10-11H,1,5-9H2,2-4H3. The molecule has 19 heavy (non-hydrogen) atoms. The van der Waals surface area contributed by atoms with Gasteiger partial charge in [0, 0.05) is 13.0 Å². The van der Waals surface area contributed by atoms with Crippen LogP contribution in [0.3, 0.4) is 0 Å². The summed E-state index contributed by atoms with van der Waals surface area (Å²) in [6, 6.07) is 4.36. The van der Waals surface area contributed by atoms with Crippen LogP contribution >= 0.6 is 0 Å². The highest BCUT2D eigenvalue weighted by molar-refractivity contribution is 5.95. The Hall–Kier alpha value is -1.57. The molecule has 0 radical (unpaired) electrons. The first-order valence-electron chi connectivity index (χ1n) is 7.04. The van der Waals surface area contributed by atoms with E-state index in [0.717, 1.165) is 37.1 Å². The lowest BCUT2D eigenvalue weighted by Gasteiger charge is -2.30. The second-order valence-electron chi connectivity index (χ2n) is 5.73. The lowest BCUT2D eigenvalue weighted by molar-refractivity contribution is -0.119. The molecule has 0 spiro atoms. The molecule has 1 amide bonds. The Kier molecular flexibility index (Phi) is 4.08. The van der Waals surface area contributed by atoms with Crippen LogP contribution < -0.4 is 4.90 Å². The van der Waals surface area contributed by atoms with Gasteiger partial charge in [-0.15, -0.1) is 0 Å². The van der Waals surface area contributed by atoms with Crippen molar-refractivity contribution in [3.63, 3.8) is 0 Å². The van der Waals surface area contributed by atoms with Gasteiger partial charge in [-0.05, 0) is 51.2 Å². The van der Waals surface area contributed by atoms with Crippen molar-refractivity contribution in [3.8, 4) is 0 Å². The number of nitrogens with zero attached hydrogens (tertiary/aromatic N) is 1. The summed E-state index contributed by atoms with van der Waals surface area (Å²) < 4.78 is 0. The van der Waals surface area contributed by atoms with Crippen molar-refractivity contribution in [1.82, 2.24) is 0 Å². The Labute approximate surface area is 116 Å². The first-order valence-corrected chi connectivity index (χ1v) is 7.04. The van der Waals surface area contributed by atoms with Crippen LogP contribution in [-0.4, -0.2) is 12.5 Å². The van der Waals surface area contributed by atoms with Gasteiger partial charge in [-0.25, -0.2) is 0 Å². The number of hydrogen-bond donors (Lipinski definition) is 0. The molecular formula is C17H23NO. The average molecular weight is 257 g/mol. The van der Waals surface area contributed by atoms with E-state index in [1.807, 2.05) is 11.8 Å². The number of rotatable bonds is 3. The van der Waals surface area contributed by atoms with Gasteiger partial charge in [0.05, 0.1) is 5.69 Å². The fourth-order valence-corrected chi connectivity index (χ4v) is 2.94. The Morgan fingerprint density at radius 3 is 2.68 bits per heavy atom. The quantitative estimate of drug-likeness (QED) is 0.751. The van der Waals surface area contributed by atoms with Crippen molar-refractivity contribution in [3.05, 3.63) is 41.0 Å². The Bertz CT molecular complexity index is 516. The summed E-state index contributed by atoms with van der Waals surface area (Å²) in [6.45, 7) is 11.1. The normalized spacial score (nSPS) is 15.7. The number of carbonyl (C=O) groups is 1. The van der Waals surface area contributed by atoms with E-state index in [0.29, 0.717) is 6.42 Å². The van der Waals surface area contributed by atoms with E-state index in [9.17, 15) is 4.79 Å². The number of piperidine rings is 1. The molecule has 1 heterocycles. The molecule has 1 fully saturated rings. The molecule has 2 nitrogen and oxygen atoms in total. The highest BCUT2D eigenvalue weighted by Gasteiger charge is 2.23. The van der Waals surface area contributed by atoms with Gasteiger partial charge >= 0.3 is 0 Å². The van der Waals surface area contributed by atoms with Crippen LogP contribution in [0.15, 0.2) is 24.3 Å². The van der Waals surface area contributed by atoms with Gasteiger partial charge in [0.25, 0.3) is 0 Å². The molecular weight excluding hydrogens is 234 g/mol. The summed E-state index contributed by atoms with van der Waals surface area (Å²) in [4.78, 5) is 14.2. The van der Waals surface area contributed by atoms with Crippen molar-refractivity contribution in [2.75, 3.05) is 11.4 Å². The van der Waals surface area contributed by atoms with Crippen LogP contribution in [-0.2, 0) is 11.2 Å². The minimum atomic E-state index is 0.265. The number of amides is 1. The van der Waals surface area contributed by atoms with Gasteiger partial charge in [-0.1, -0.05) is 29.8 Å². The molecule has 0 aliphatic carbocycles. The minimum absolute atomic E-state index is 0.265. The number of benzene rings is 1. The zero-order valence-electron chi connectivity index (χ0n) is 12.3. The second-order valence-corrected chi connectivity index (χ2v) is 5.73. The Morgan fingerprint density at radius 1 is 1.32 bits per heavy atom. The van der Waals surface area contributed by atoms with Crippen molar-refractivity contribution in [2.45, 2.75) is 46.5 Å². The molecule has 102 valence electrons. The summed E-state index contributed by atoms with van der Waals surface area (Å²) in [5.41, 5.74) is 5.95. The van der Waals surface area contributed by atoms with E-state index in [4.69, 9.17) is 0 Å². The predicted molar refractivity (Wildman–Crippen MR) is 80.6 cm³/mol. The van der Waals surface area contributed by atoms with Crippen LogP contribution in [0, 0.1) is 13.8 Å². The molecule has 0 unspecified atom stereocenters. The summed E-state index contributed by atoms with van der Waals surface area (Å²) in [7, 11) is 0. The molecule has 0 aromatic heterocycles. The third kappa shape index (κ3) is 3.06. The van der Waals surface area contributed by atoms with Crippen LogP contribution in [0.1, 0.15) is 42.9 Å². The average Bonchev–Trinajstić information content (AvgIpc) is 2.29. The van der Waals surface area contributed by atoms with Crippen molar-refractivity contribution in [2.24, 2.45) is 0 Å². The van der Waals surface area contributed by atoms with E-state index >= 15 is 0 Å². The summed E-state index contributed by atoms with van der Waals surface area (Å²) in [5, 5.41) is 0. The van der Waals surface area contributed by atoms with Gasteiger partial charge in [0.2, 0.25) is 5.91 Å². The predicted octanol–water partition coefficient (Wildman–Crippen LogP) is 3.94. The first kappa shape index (κ1) is 13.9. The maximum atomic E-state index is 12.2. The first-order chi connectivity index (χ1) is 8.99. The van der Waals surface area contributed by atoms with E-state index < -0.39 is 0 Å². The number of allylic oxidation sites excluding steroid dienone is 1. The Balaban J connectivity index is 2.47. The molecule has 1 aliphatic rings. The smallest absolute Gasteiger partial charge is 0.226 e. The zero-order valence-corrected chi connectivity index (χ0v) is 12.3. The maximum Gasteiger partial charge on any atom is 0.226 e. The van der Waals surface area contributed by atoms with Crippen LogP contribution in [0.4, 0.5) is 5.69 Å². The fraction of sp³-hybridized carbons (Fsp3) is 0.471. The minimum Gasteiger partial charge on any atom is -0.312 e. The van der Waals surface area contributed by atoms with E-state index in [1.54, 1.807) is 0 Å². The van der Waals surface area contributed by atoms with Crippen molar-refractivity contribution < 1.29 is 4.79 Å². The topological polar surface area (TPSA) is 20.3 Å². The second kappa shape index (κ2) is 5.60. The van der Waals surface area contributed by atoms with Gasteiger partial charge < -0.3 is 4.90 Å². The van der Waals surface area contributed by atoms with E-state index in [2.05, 4.69) is 32.6 Å². The highest BCUT2D eigenvalue weighted by Crippen LogP contribution is 2.31. The summed E-state index contributed by atoms with van der Waals surface area (Å²) in [5.74, 6) is 0.265. The molecule has 1 aromatic rings. The third-order valence-electron chi connectivity index (χ3n) is 3.61. The van der Waals surface area contributed by atoms with Crippen molar-refractivity contribution >= 4 is 11.6 Å². The summed E-state index contributed by atoms with van der Waals surface area (Å²) in [6.07, 6.45) is 3.66. The molecule has 2 heteroatoms.